The van der Waals surface area contributed by atoms with E-state index in [0.29, 0.717) is 18.5 Å². The fourth-order valence-corrected chi connectivity index (χ4v) is 13.7. The third-order valence-electron chi connectivity index (χ3n) is 19.9. The fourth-order valence-electron chi connectivity index (χ4n) is 13.7. The highest BCUT2D eigenvalue weighted by Gasteiger charge is 2.42. The van der Waals surface area contributed by atoms with Crippen LogP contribution in [0.15, 0.2) is 127 Å². The molecule has 1 fully saturated rings. The Balaban J connectivity index is 1.11. The van der Waals surface area contributed by atoms with Gasteiger partial charge in [0.25, 0.3) is 0 Å². The smallest absolute Gasteiger partial charge is 0.306 e. The molecule has 1 aliphatic heterocycles. The Morgan fingerprint density at radius 1 is 0.595 bits per heavy atom. The summed E-state index contributed by atoms with van der Waals surface area (Å²) < 4.78 is 5.66. The molecule has 1 unspecified atom stereocenters. The number of rotatable bonds is 50. The number of nitrogens with one attached hydrogen (secondary N) is 12. The number of aliphatic hydroxyl groups excluding tert-OH is 1. The summed E-state index contributed by atoms with van der Waals surface area (Å²) in [6.45, 7) is 14.7. The van der Waals surface area contributed by atoms with E-state index in [-0.39, 0.29) is 115 Å². The highest BCUT2D eigenvalue weighted by Crippen LogP contribution is 2.44. The van der Waals surface area contributed by atoms with Crippen LogP contribution in [0.1, 0.15) is 167 Å². The molecule has 0 spiro atoms. The number of benzene rings is 3. The minimum absolute atomic E-state index is 0.0202. The van der Waals surface area contributed by atoms with Crippen LogP contribution in [0.2, 0.25) is 0 Å². The Bertz CT molecular complexity index is 4240. The van der Waals surface area contributed by atoms with Crippen molar-refractivity contribution in [2.45, 2.75) is 210 Å². The average Bonchev–Trinajstić information content (AvgIpc) is 1.61. The SMILES string of the molecule is C=CC[C@H](NC(=O)CCC(=O)OCC1c2ccccc2-c2ccccc21)C(=O)C[C@@H](CC=C(C)C)C(=O)N[C@@H](CO)C(=O)N[C@@H](CC(=O)O)C(=O)N1CCCC1C(=O)N[C@@H](CCCNC(=N)N)C(=O)N[C@@H](CC=C)C(=O)N[C@@H](C)C(=O)C[C@@H](Cc1cc2ccccc2[nH]1)C(=O)N[C@@H](CCCCC(=N)N)C(=O)N[C@@H](CC=C(C)C)C(N)=O. The number of aliphatic hydroxyl groups is 1. The summed E-state index contributed by atoms with van der Waals surface area (Å²) in [6.07, 6.45) is 3.98. The summed E-state index contributed by atoms with van der Waals surface area (Å²) in [5.41, 5.74) is 23.8. The maximum Gasteiger partial charge on any atom is 0.306 e. The first-order valence-corrected chi connectivity index (χ1v) is 38.9. The van der Waals surface area contributed by atoms with Gasteiger partial charge in [-0.15, -0.1) is 13.2 Å². The molecular formula is C83H112N16O17. The van der Waals surface area contributed by atoms with E-state index in [2.05, 4.69) is 66.0 Å². The number of primary amides is 1. The Morgan fingerprint density at radius 2 is 1.15 bits per heavy atom. The van der Waals surface area contributed by atoms with Crippen LogP contribution in [0.3, 0.4) is 0 Å². The standard InChI is InChI=1S/C83H112N16O17/c1-8-20-60(92-71(103)36-37-73(106)116-46-58-56-25-13-11-23-54(56)55-24-12-14-26-57(55)58)69(102)42-51(34-32-47(3)4)75(108)98-66(45-100)80(113)97-65(44-72(104)105)82(115)99-39-19-30-67(99)81(114)96-64(29-18-38-89-83(87)88)79(112)95-62(21-9-2)77(110)90-49(7)68(101)43-52(41-53-40-50-22-10-15-27-59(50)91-53)76(109)94-63(28-16-17-31-70(84)85)78(111)93-61(74(86)107)35-33-48(5)6/h8-15,22-27,32-33,40,49,51-52,58,60-67,91,100H,1-2,16-21,28-31,34-39,41-46H2,3-7H3,(H3,84,85)(H2,86,107)(H,90,110)(H,92,103)(H,93,111)(H,94,109)(H,95,112)(H,96,114)(H,97,113)(H,98,108)(H,104,105)(H4,87,88,89)/t49-,51+,52+,60-,61-,62-,63-,64-,65-,66-,67?/m0/s1. The van der Waals surface area contributed by atoms with Crippen molar-refractivity contribution in [1.82, 2.24) is 57.7 Å². The molecule has 33 heteroatoms. The molecule has 20 N–H and O–H groups in total. The lowest BCUT2D eigenvalue weighted by molar-refractivity contribution is -0.146. The summed E-state index contributed by atoms with van der Waals surface area (Å²) in [4.78, 5) is 199. The number of esters is 1. The number of aliphatic carboxylic acids is 1. The van der Waals surface area contributed by atoms with Crippen molar-refractivity contribution in [3.8, 4) is 11.1 Å². The maximum atomic E-state index is 14.6. The number of hydrogen-bond acceptors (Lipinski definition) is 18. The number of Topliss-reactive ketones (excluding diaryl/α,β-unsaturated/α-hetero) is 2. The zero-order chi connectivity index (χ0) is 85.3. The minimum atomic E-state index is -1.92. The number of nitrogens with two attached hydrogens (primary N) is 3. The number of H-pyrrole nitrogens is 1. The number of ether oxygens (including phenoxy) is 1. The van der Waals surface area contributed by atoms with Gasteiger partial charge in [-0.3, -0.25) is 77.9 Å². The van der Waals surface area contributed by atoms with Gasteiger partial charge < -0.3 is 89.9 Å². The molecular weight excluding hydrogens is 1490 g/mol. The Labute approximate surface area is 674 Å². The molecule has 4 aromatic rings. The number of nitrogens with zero attached hydrogens (tertiary/aromatic N) is 1. The number of aromatic amines is 1. The molecule has 10 amide bonds. The summed E-state index contributed by atoms with van der Waals surface area (Å²) in [7, 11) is 0. The molecule has 0 radical (unpaired) electrons. The molecule has 626 valence electrons. The van der Waals surface area contributed by atoms with Gasteiger partial charge in [0, 0.05) is 61.8 Å². The van der Waals surface area contributed by atoms with E-state index in [1.54, 1.807) is 45.9 Å². The lowest BCUT2D eigenvalue weighted by Crippen LogP contribution is -2.59. The van der Waals surface area contributed by atoms with Gasteiger partial charge in [-0.1, -0.05) is 109 Å². The Morgan fingerprint density at radius 3 is 1.76 bits per heavy atom. The van der Waals surface area contributed by atoms with E-state index in [1.165, 1.54) is 19.1 Å². The number of hydrogen-bond donors (Lipinski definition) is 17. The molecule has 33 nitrogen and oxygen atoms in total. The largest absolute Gasteiger partial charge is 0.481 e. The minimum Gasteiger partial charge on any atom is -0.481 e. The monoisotopic (exact) mass is 1600 g/mol. The molecule has 0 bridgehead atoms. The first-order chi connectivity index (χ1) is 55.2. The van der Waals surface area contributed by atoms with Crippen molar-refractivity contribution in [2.75, 3.05) is 26.3 Å². The number of amidine groups is 1. The van der Waals surface area contributed by atoms with E-state index in [9.17, 15) is 77.3 Å². The van der Waals surface area contributed by atoms with E-state index >= 15 is 0 Å². The highest BCUT2D eigenvalue weighted by atomic mass is 16.5. The number of fused-ring (bicyclic) bond motifs is 4. The first kappa shape index (κ1) is 92.7. The quantitative estimate of drug-likeness (QED) is 0.00989. The van der Waals surface area contributed by atoms with E-state index in [1.807, 2.05) is 72.8 Å². The van der Waals surface area contributed by atoms with Gasteiger partial charge in [0.2, 0.25) is 59.1 Å². The normalized spacial score (nSPS) is 15.3. The van der Waals surface area contributed by atoms with Crippen molar-refractivity contribution in [3.05, 3.63) is 144 Å². The van der Waals surface area contributed by atoms with Gasteiger partial charge in [0.15, 0.2) is 17.5 Å². The topological polar surface area (TPSA) is 542 Å². The van der Waals surface area contributed by atoms with Crippen LogP contribution in [-0.2, 0) is 78.3 Å². The van der Waals surface area contributed by atoms with Crippen LogP contribution >= 0.6 is 0 Å². The summed E-state index contributed by atoms with van der Waals surface area (Å²) in [5, 5.41) is 60.0. The number of ketones is 2. The van der Waals surface area contributed by atoms with Crippen LogP contribution in [0.4, 0.5) is 0 Å². The zero-order valence-corrected chi connectivity index (χ0v) is 66.4. The molecule has 2 heterocycles. The second-order valence-electron chi connectivity index (χ2n) is 29.7. The van der Waals surface area contributed by atoms with Crippen molar-refractivity contribution < 1.29 is 82.1 Å². The van der Waals surface area contributed by atoms with Crippen LogP contribution < -0.4 is 65.1 Å². The molecule has 6 rings (SSSR count). The predicted molar refractivity (Wildman–Crippen MR) is 434 cm³/mol. The lowest BCUT2D eigenvalue weighted by atomic mass is 9.92. The zero-order valence-electron chi connectivity index (χ0n) is 66.4. The summed E-state index contributed by atoms with van der Waals surface area (Å²) >= 11 is 0. The number of carbonyl (C=O) groups is 14. The van der Waals surface area contributed by atoms with Gasteiger partial charge in [0.1, 0.15) is 48.9 Å². The number of unbranched alkanes of at least 4 members (excludes halogenated alkanes) is 1. The summed E-state index contributed by atoms with van der Waals surface area (Å²) in [6, 6.07) is 11.7. The lowest BCUT2D eigenvalue weighted by Gasteiger charge is -2.30. The molecule has 3 aromatic carbocycles. The number of likely N-dealkylation sites (tertiary alicyclic amines) is 1. The molecule has 1 aromatic heterocycles. The molecule has 11 atom stereocenters. The number of carboxylic acids is 1. The van der Waals surface area contributed by atoms with Gasteiger partial charge >= 0.3 is 11.9 Å². The Kier molecular flexibility index (Phi) is 37.0. The predicted octanol–water partition coefficient (Wildman–Crippen LogP) is 3.46. The van der Waals surface area contributed by atoms with Crippen molar-refractivity contribution >= 4 is 105 Å². The van der Waals surface area contributed by atoms with Crippen LogP contribution in [0.5, 0.6) is 0 Å². The van der Waals surface area contributed by atoms with Crippen LogP contribution in [0.25, 0.3) is 22.0 Å². The van der Waals surface area contributed by atoms with Gasteiger partial charge in [0.05, 0.1) is 43.3 Å². The number of aromatic nitrogens is 1. The number of allylic oxidation sites excluding steroid dienone is 3. The number of guanidine groups is 1. The molecule has 1 aliphatic carbocycles. The van der Waals surface area contributed by atoms with Crippen LogP contribution in [-0.4, -0.2) is 195 Å². The highest BCUT2D eigenvalue weighted by molar-refractivity contribution is 6.00. The molecule has 2 aliphatic rings. The molecule has 1 saturated heterocycles. The summed E-state index contributed by atoms with van der Waals surface area (Å²) in [5.74, 6) is -15.5. The van der Waals surface area contributed by atoms with Gasteiger partial charge in [-0.25, -0.2) is 0 Å². The average molecular weight is 1610 g/mol. The van der Waals surface area contributed by atoms with Gasteiger partial charge in [-0.05, 0) is 145 Å². The molecule has 116 heavy (non-hydrogen) atoms. The first-order valence-electron chi connectivity index (χ1n) is 38.9. The van der Waals surface area contributed by atoms with Crippen molar-refractivity contribution in [3.63, 3.8) is 0 Å². The number of amides is 10. The molecule has 0 saturated carbocycles. The number of carbonyl (C=O) groups excluding carboxylic acids is 13. The van der Waals surface area contributed by atoms with Crippen molar-refractivity contribution in [2.24, 2.45) is 29.0 Å². The Hall–Kier alpha value is -12.2. The van der Waals surface area contributed by atoms with Gasteiger partial charge in [-0.2, -0.15) is 0 Å². The second-order valence-corrected chi connectivity index (χ2v) is 29.7. The third-order valence-corrected chi connectivity index (χ3v) is 19.9. The number of para-hydroxylation sites is 1. The van der Waals surface area contributed by atoms with Crippen molar-refractivity contribution in [1.29, 1.82) is 10.8 Å². The maximum absolute atomic E-state index is 14.6. The van der Waals surface area contributed by atoms with E-state index in [4.69, 9.17) is 32.8 Å². The second kappa shape index (κ2) is 46.3. The van der Waals surface area contributed by atoms with Crippen LogP contribution in [0, 0.1) is 22.7 Å². The number of carboxylic acid groups (broad SMARTS) is 1. The fraction of sp³-hybridized carbons (Fsp3) is 0.470. The third kappa shape index (κ3) is 29.0. The van der Waals surface area contributed by atoms with E-state index < -0.39 is 181 Å². The van der Waals surface area contributed by atoms with E-state index in [0.717, 1.165) is 49.2 Å².